The van der Waals surface area contributed by atoms with Gasteiger partial charge in [0.05, 0.1) is 22.8 Å². The van der Waals surface area contributed by atoms with Gasteiger partial charge < -0.3 is 9.88 Å². The molecule has 3 atom stereocenters. The molecule has 3 heteroatoms. The predicted molar refractivity (Wildman–Crippen MR) is 318 cm³/mol. The van der Waals surface area contributed by atoms with E-state index >= 15 is 0 Å². The minimum Gasteiger partial charge on any atom is -0.388 e. The normalized spacial score (nSPS) is 16.1. The SMILES string of the molecule is CN/C(=C\C(=NCC(Cc1ccccc1)[C@]1(C)C=C(c2ccccc2)[C@@H]1n1c2c(-c3ccccc3)ccc(-c3ccccc3)c2c2c(-c3ccccc3)ccc(-c3ccccc3)c21)c1ccccc1)c1ccccc1. The zero-order chi connectivity index (χ0) is 50.6. The molecular weight excluding hydrogens is 907 g/mol. The van der Waals surface area contributed by atoms with E-state index in [1.807, 2.05) is 7.05 Å². The average molecular weight is 966 g/mol. The number of fused-ring (bicyclic) bond motifs is 3. The summed E-state index contributed by atoms with van der Waals surface area (Å²) in [6.07, 6.45) is 5.68. The highest BCUT2D eigenvalue weighted by Gasteiger charge is 2.51. The van der Waals surface area contributed by atoms with Gasteiger partial charge in [0.25, 0.3) is 0 Å². The number of nitrogens with zero attached hydrogens (tertiary/aromatic N) is 2. The summed E-state index contributed by atoms with van der Waals surface area (Å²) in [7, 11) is 2.00. The maximum atomic E-state index is 5.79. The molecule has 3 nitrogen and oxygen atoms in total. The number of aromatic nitrogens is 1. The van der Waals surface area contributed by atoms with Crippen molar-refractivity contribution in [3.05, 3.63) is 301 Å². The molecule has 362 valence electrons. The lowest BCUT2D eigenvalue weighted by molar-refractivity contribution is 0.177. The fraction of sp³-hybridized carbons (Fsp3) is 0.0972. The zero-order valence-corrected chi connectivity index (χ0v) is 42.5. The Morgan fingerprint density at radius 1 is 0.467 bits per heavy atom. The van der Waals surface area contributed by atoms with E-state index in [4.69, 9.17) is 4.99 Å². The highest BCUT2D eigenvalue weighted by atomic mass is 15.1. The van der Waals surface area contributed by atoms with Crippen LogP contribution in [-0.2, 0) is 6.42 Å². The monoisotopic (exact) mass is 965 g/mol. The van der Waals surface area contributed by atoms with Gasteiger partial charge in [-0.2, -0.15) is 0 Å². The van der Waals surface area contributed by atoms with Crippen LogP contribution in [0.5, 0.6) is 0 Å². The minimum atomic E-state index is -0.423. The van der Waals surface area contributed by atoms with E-state index in [0.717, 1.165) is 29.0 Å². The molecule has 0 amide bonds. The highest BCUT2D eigenvalue weighted by Crippen LogP contribution is 2.61. The minimum absolute atomic E-state index is 0.0571. The van der Waals surface area contributed by atoms with Crippen LogP contribution in [0, 0.1) is 11.3 Å². The summed E-state index contributed by atoms with van der Waals surface area (Å²) in [6, 6.07) is 97.0. The van der Waals surface area contributed by atoms with Crippen LogP contribution >= 0.6 is 0 Å². The van der Waals surface area contributed by atoms with E-state index in [-0.39, 0.29) is 12.0 Å². The van der Waals surface area contributed by atoms with Gasteiger partial charge in [0.2, 0.25) is 0 Å². The lowest BCUT2D eigenvalue weighted by Gasteiger charge is -2.51. The maximum Gasteiger partial charge on any atom is 0.0687 e. The van der Waals surface area contributed by atoms with Crippen LogP contribution in [0.15, 0.2) is 284 Å². The summed E-state index contributed by atoms with van der Waals surface area (Å²) < 4.78 is 2.81. The van der Waals surface area contributed by atoms with Gasteiger partial charge in [-0.15, -0.1) is 0 Å². The smallest absolute Gasteiger partial charge is 0.0687 e. The molecule has 1 aromatic heterocycles. The number of hydrogen-bond donors (Lipinski definition) is 1. The first kappa shape index (κ1) is 47.0. The second-order valence-corrected chi connectivity index (χ2v) is 20.0. The molecule has 1 aliphatic rings. The molecule has 1 aliphatic carbocycles. The van der Waals surface area contributed by atoms with Crippen LogP contribution in [-0.4, -0.2) is 23.9 Å². The molecular formula is C72H59N3. The van der Waals surface area contributed by atoms with Gasteiger partial charge in [0.15, 0.2) is 0 Å². The number of nitrogens with one attached hydrogen (secondary N) is 1. The summed E-state index contributed by atoms with van der Waals surface area (Å²) >= 11 is 0. The van der Waals surface area contributed by atoms with Crippen LogP contribution in [0.3, 0.4) is 0 Å². The molecule has 12 rings (SSSR count). The number of hydrogen-bond acceptors (Lipinski definition) is 2. The van der Waals surface area contributed by atoms with Crippen molar-refractivity contribution in [1.82, 2.24) is 9.88 Å². The van der Waals surface area contributed by atoms with Crippen molar-refractivity contribution in [2.75, 3.05) is 13.6 Å². The van der Waals surface area contributed by atoms with Crippen molar-refractivity contribution in [3.8, 4) is 44.5 Å². The van der Waals surface area contributed by atoms with Gasteiger partial charge >= 0.3 is 0 Å². The Kier molecular flexibility index (Phi) is 13.0. The molecule has 0 fully saturated rings. The summed E-state index contributed by atoms with van der Waals surface area (Å²) in [5.74, 6) is 0.0571. The highest BCUT2D eigenvalue weighted by molar-refractivity contribution is 6.26. The van der Waals surface area contributed by atoms with Crippen LogP contribution in [0.2, 0.25) is 0 Å². The second kappa shape index (κ2) is 20.8. The van der Waals surface area contributed by atoms with Gasteiger partial charge in [0, 0.05) is 46.6 Å². The van der Waals surface area contributed by atoms with E-state index in [9.17, 15) is 0 Å². The summed E-state index contributed by atoms with van der Waals surface area (Å²) in [5, 5.41) is 6.03. The van der Waals surface area contributed by atoms with E-state index in [2.05, 4.69) is 296 Å². The molecule has 0 saturated heterocycles. The Bertz CT molecular complexity index is 3690. The predicted octanol–water partition coefficient (Wildman–Crippen LogP) is 17.7. The van der Waals surface area contributed by atoms with Gasteiger partial charge in [-0.25, -0.2) is 0 Å². The quantitative estimate of drug-likeness (QED) is 0.102. The maximum absolute atomic E-state index is 5.79. The van der Waals surface area contributed by atoms with Crippen LogP contribution in [0.1, 0.15) is 35.2 Å². The van der Waals surface area contributed by atoms with Gasteiger partial charge in [-0.05, 0) is 79.6 Å². The van der Waals surface area contributed by atoms with Gasteiger partial charge in [-0.3, -0.25) is 4.99 Å². The van der Waals surface area contributed by atoms with Gasteiger partial charge in [0.1, 0.15) is 0 Å². The van der Waals surface area contributed by atoms with Crippen molar-refractivity contribution in [3.63, 3.8) is 0 Å². The van der Waals surface area contributed by atoms with Crippen molar-refractivity contribution in [2.24, 2.45) is 16.3 Å². The first-order valence-corrected chi connectivity index (χ1v) is 26.3. The third kappa shape index (κ3) is 9.02. The molecule has 0 bridgehead atoms. The van der Waals surface area contributed by atoms with E-state index in [0.29, 0.717) is 6.54 Å². The molecule has 1 heterocycles. The largest absolute Gasteiger partial charge is 0.388 e. The van der Waals surface area contributed by atoms with Crippen molar-refractivity contribution in [2.45, 2.75) is 19.4 Å². The topological polar surface area (TPSA) is 29.3 Å². The fourth-order valence-corrected chi connectivity index (χ4v) is 11.8. The fourth-order valence-electron chi connectivity index (χ4n) is 11.8. The van der Waals surface area contributed by atoms with E-state index in [1.54, 1.807) is 0 Å². The van der Waals surface area contributed by atoms with Crippen LogP contribution in [0.4, 0.5) is 0 Å². The summed E-state index contributed by atoms with van der Waals surface area (Å²) in [6.45, 7) is 3.12. The molecule has 10 aromatic carbocycles. The van der Waals surface area contributed by atoms with E-state index < -0.39 is 5.41 Å². The number of aliphatic imine (C=N–C) groups is 1. The molecule has 11 aromatic rings. The van der Waals surface area contributed by atoms with Gasteiger partial charge in [-0.1, -0.05) is 280 Å². The Morgan fingerprint density at radius 2 is 0.840 bits per heavy atom. The first-order valence-electron chi connectivity index (χ1n) is 26.3. The van der Waals surface area contributed by atoms with Crippen molar-refractivity contribution >= 4 is 38.8 Å². The van der Waals surface area contributed by atoms with Crippen LogP contribution < -0.4 is 5.32 Å². The molecule has 0 aliphatic heterocycles. The average Bonchev–Trinajstić information content (AvgIpc) is 3.94. The third-order valence-corrected chi connectivity index (χ3v) is 15.5. The van der Waals surface area contributed by atoms with Crippen molar-refractivity contribution in [1.29, 1.82) is 0 Å². The lowest BCUT2D eigenvalue weighted by atomic mass is 9.58. The number of rotatable bonds is 15. The van der Waals surface area contributed by atoms with Crippen molar-refractivity contribution < 1.29 is 0 Å². The lowest BCUT2D eigenvalue weighted by Crippen LogP contribution is -2.45. The summed E-state index contributed by atoms with van der Waals surface area (Å²) in [5.41, 5.74) is 19.6. The Hall–Kier alpha value is -9.05. The second-order valence-electron chi connectivity index (χ2n) is 20.0. The van der Waals surface area contributed by atoms with E-state index in [1.165, 1.54) is 83.0 Å². The standard InChI is InChI=1S/C72H59N3/c1-72(59(47-51-27-11-3-12-28-51)50-74-66(58-41-25-10-26-42-58)48-65(73-2)57-39-23-9-24-40-57)49-64(56-37-21-8-22-38-56)71(72)75-69-62(54-33-17-6-18-34-54)45-43-60(52-29-13-4-14-30-52)67(69)68-61(53-31-15-5-16-32-53)44-46-63(70(68)75)55-35-19-7-20-36-55/h3-46,48-49,59,71,73H,47,50H2,1-2H3/b65-48-,74-66?/t59?,71-,72-/m0/s1. The zero-order valence-electron chi connectivity index (χ0n) is 42.5. The molecule has 75 heavy (non-hydrogen) atoms. The Morgan fingerprint density at radius 3 is 1.28 bits per heavy atom. The molecule has 1 unspecified atom stereocenters. The number of allylic oxidation sites excluding steroid dienone is 3. The Balaban J connectivity index is 1.20. The molecule has 0 radical (unpaired) electrons. The molecule has 0 spiro atoms. The Labute approximate surface area is 441 Å². The first-order chi connectivity index (χ1) is 37.1. The molecule has 0 saturated carbocycles. The van der Waals surface area contributed by atoms with Crippen LogP contribution in [0.25, 0.3) is 77.6 Å². The molecule has 1 N–H and O–H groups in total. The summed E-state index contributed by atoms with van der Waals surface area (Å²) in [4.78, 5) is 5.79. The number of benzene rings is 10. The third-order valence-electron chi connectivity index (χ3n) is 15.5.